The number of carbonyl (C=O) groups is 1. The van der Waals surface area contributed by atoms with Crippen molar-refractivity contribution in [1.82, 2.24) is 19.6 Å². The third-order valence-corrected chi connectivity index (χ3v) is 6.83. The molecule has 32 heavy (non-hydrogen) atoms. The van der Waals surface area contributed by atoms with Gasteiger partial charge in [0.05, 0.1) is 23.0 Å². The molecule has 0 bridgehead atoms. The van der Waals surface area contributed by atoms with Crippen LogP contribution in [0.25, 0.3) is 0 Å². The van der Waals surface area contributed by atoms with Crippen molar-refractivity contribution in [1.29, 1.82) is 0 Å². The Morgan fingerprint density at radius 3 is 2.28 bits per heavy atom. The van der Waals surface area contributed by atoms with Gasteiger partial charge in [-0.05, 0) is 43.7 Å². The molecule has 2 aromatic carbocycles. The van der Waals surface area contributed by atoms with E-state index in [0.717, 1.165) is 17.0 Å². The summed E-state index contributed by atoms with van der Waals surface area (Å²) >= 11 is 12.4. The maximum Gasteiger partial charge on any atom is 0.253 e. The molecular weight excluding hydrogens is 450 g/mol. The van der Waals surface area contributed by atoms with Crippen LogP contribution in [0.1, 0.15) is 32.9 Å². The van der Waals surface area contributed by atoms with Crippen molar-refractivity contribution < 1.29 is 9.18 Å². The summed E-state index contributed by atoms with van der Waals surface area (Å²) in [5.41, 5.74) is 3.96. The zero-order valence-corrected chi connectivity index (χ0v) is 19.6. The number of halogens is 3. The predicted octanol–water partition coefficient (Wildman–Crippen LogP) is 4.95. The lowest BCUT2D eigenvalue weighted by Crippen LogP contribution is -2.48. The highest BCUT2D eigenvalue weighted by atomic mass is 35.5. The number of carbonyl (C=O) groups excluding carboxylic acids is 1. The van der Waals surface area contributed by atoms with Gasteiger partial charge < -0.3 is 4.90 Å². The van der Waals surface area contributed by atoms with Crippen molar-refractivity contribution in [3.05, 3.63) is 86.4 Å². The van der Waals surface area contributed by atoms with Crippen LogP contribution in [0.4, 0.5) is 4.39 Å². The number of piperazine rings is 1. The molecule has 0 aliphatic carbocycles. The molecule has 1 aromatic heterocycles. The molecule has 0 spiro atoms. The highest BCUT2D eigenvalue weighted by Gasteiger charge is 2.23. The van der Waals surface area contributed by atoms with E-state index in [9.17, 15) is 9.18 Å². The Morgan fingerprint density at radius 2 is 1.69 bits per heavy atom. The molecule has 0 unspecified atom stereocenters. The summed E-state index contributed by atoms with van der Waals surface area (Å²) in [6.07, 6.45) is 0. The standard InChI is InChI=1S/C24H25Cl2FN4O/c1-16-23(26)17(2)31(28-16)14-18-6-8-19(9-7-18)24(32)30-12-10-29(11-13-30)15-20-21(25)4-3-5-22(20)27/h3-9H,10-15H2,1-2H3. The lowest BCUT2D eigenvalue weighted by molar-refractivity contribution is 0.0627. The summed E-state index contributed by atoms with van der Waals surface area (Å²) in [7, 11) is 0. The Morgan fingerprint density at radius 1 is 1.00 bits per heavy atom. The fourth-order valence-corrected chi connectivity index (χ4v) is 4.31. The number of hydrogen-bond acceptors (Lipinski definition) is 3. The van der Waals surface area contributed by atoms with Crippen LogP contribution in [0.5, 0.6) is 0 Å². The second-order valence-electron chi connectivity index (χ2n) is 8.11. The molecule has 1 amide bonds. The van der Waals surface area contributed by atoms with Crippen molar-refractivity contribution in [3.63, 3.8) is 0 Å². The first-order chi connectivity index (χ1) is 15.3. The van der Waals surface area contributed by atoms with Crippen LogP contribution in [0.3, 0.4) is 0 Å². The van der Waals surface area contributed by atoms with Crippen molar-refractivity contribution in [2.75, 3.05) is 26.2 Å². The zero-order valence-electron chi connectivity index (χ0n) is 18.1. The molecular formula is C24H25Cl2FN4O. The lowest BCUT2D eigenvalue weighted by atomic mass is 10.1. The number of benzene rings is 2. The molecule has 1 saturated heterocycles. The molecule has 0 saturated carbocycles. The monoisotopic (exact) mass is 474 g/mol. The smallest absolute Gasteiger partial charge is 0.253 e. The van der Waals surface area contributed by atoms with Gasteiger partial charge in [0.15, 0.2) is 0 Å². The van der Waals surface area contributed by atoms with Crippen LogP contribution in [0.2, 0.25) is 10.0 Å². The first-order valence-corrected chi connectivity index (χ1v) is 11.3. The van der Waals surface area contributed by atoms with E-state index >= 15 is 0 Å². The van der Waals surface area contributed by atoms with E-state index in [1.165, 1.54) is 6.07 Å². The number of nitrogens with zero attached hydrogens (tertiary/aromatic N) is 4. The van der Waals surface area contributed by atoms with Crippen LogP contribution >= 0.6 is 23.2 Å². The molecule has 3 aromatic rings. The molecule has 5 nitrogen and oxygen atoms in total. The summed E-state index contributed by atoms with van der Waals surface area (Å²) in [5, 5.41) is 5.58. The normalized spacial score (nSPS) is 14.7. The minimum atomic E-state index is -0.293. The summed E-state index contributed by atoms with van der Waals surface area (Å²) in [6.45, 7) is 7.41. The van der Waals surface area contributed by atoms with Gasteiger partial charge >= 0.3 is 0 Å². The van der Waals surface area contributed by atoms with E-state index in [0.29, 0.717) is 60.4 Å². The maximum absolute atomic E-state index is 14.1. The van der Waals surface area contributed by atoms with Gasteiger partial charge in [-0.25, -0.2) is 4.39 Å². The van der Waals surface area contributed by atoms with Gasteiger partial charge in [-0.1, -0.05) is 41.4 Å². The second kappa shape index (κ2) is 9.61. The Labute approximate surface area is 197 Å². The highest BCUT2D eigenvalue weighted by Crippen LogP contribution is 2.22. The Kier molecular flexibility index (Phi) is 6.84. The maximum atomic E-state index is 14.1. The van der Waals surface area contributed by atoms with Gasteiger partial charge in [0.25, 0.3) is 5.91 Å². The highest BCUT2D eigenvalue weighted by molar-refractivity contribution is 6.32. The summed E-state index contributed by atoms with van der Waals surface area (Å²) in [6, 6.07) is 12.4. The van der Waals surface area contributed by atoms with Crippen LogP contribution in [-0.2, 0) is 13.1 Å². The van der Waals surface area contributed by atoms with Crippen LogP contribution in [0.15, 0.2) is 42.5 Å². The molecule has 1 aliphatic heterocycles. The topological polar surface area (TPSA) is 41.4 Å². The first kappa shape index (κ1) is 22.8. The third-order valence-electron chi connectivity index (χ3n) is 5.93. The van der Waals surface area contributed by atoms with Gasteiger partial charge in [0.1, 0.15) is 5.82 Å². The molecule has 1 fully saturated rings. The van der Waals surface area contributed by atoms with E-state index in [1.807, 2.05) is 47.7 Å². The minimum Gasteiger partial charge on any atom is -0.336 e. The Hall–Kier alpha value is -2.41. The fourth-order valence-electron chi connectivity index (χ4n) is 3.95. The molecule has 0 radical (unpaired) electrons. The Balaban J connectivity index is 1.34. The second-order valence-corrected chi connectivity index (χ2v) is 8.89. The number of rotatable bonds is 5. The number of aromatic nitrogens is 2. The number of amides is 1. The molecule has 0 atom stereocenters. The van der Waals surface area contributed by atoms with Gasteiger partial charge in [-0.2, -0.15) is 5.10 Å². The minimum absolute atomic E-state index is 0.00860. The molecule has 8 heteroatoms. The average molecular weight is 475 g/mol. The average Bonchev–Trinajstić information content (AvgIpc) is 3.03. The SMILES string of the molecule is Cc1nn(Cc2ccc(C(=O)N3CCN(Cc4c(F)cccc4Cl)CC3)cc2)c(C)c1Cl. The lowest BCUT2D eigenvalue weighted by Gasteiger charge is -2.35. The van der Waals surface area contributed by atoms with Gasteiger partial charge in [0, 0.05) is 48.9 Å². The van der Waals surface area contributed by atoms with Crippen LogP contribution < -0.4 is 0 Å². The van der Waals surface area contributed by atoms with Gasteiger partial charge in [-0.3, -0.25) is 14.4 Å². The van der Waals surface area contributed by atoms with E-state index in [2.05, 4.69) is 10.00 Å². The van der Waals surface area contributed by atoms with Gasteiger partial charge in [0.2, 0.25) is 0 Å². The van der Waals surface area contributed by atoms with Crippen molar-refractivity contribution in [3.8, 4) is 0 Å². The van der Waals surface area contributed by atoms with E-state index in [1.54, 1.807) is 12.1 Å². The quantitative estimate of drug-likeness (QED) is 0.525. The van der Waals surface area contributed by atoms with E-state index < -0.39 is 0 Å². The molecule has 1 aliphatic rings. The molecule has 4 rings (SSSR count). The van der Waals surface area contributed by atoms with Crippen molar-refractivity contribution in [2.45, 2.75) is 26.9 Å². The molecule has 168 valence electrons. The van der Waals surface area contributed by atoms with E-state index in [4.69, 9.17) is 23.2 Å². The fraction of sp³-hybridized carbons (Fsp3) is 0.333. The first-order valence-electron chi connectivity index (χ1n) is 10.6. The molecule has 0 N–H and O–H groups in total. The van der Waals surface area contributed by atoms with Crippen molar-refractivity contribution >= 4 is 29.1 Å². The number of hydrogen-bond donors (Lipinski definition) is 0. The van der Waals surface area contributed by atoms with Crippen LogP contribution in [0, 0.1) is 19.7 Å². The van der Waals surface area contributed by atoms with Crippen LogP contribution in [-0.4, -0.2) is 51.7 Å². The summed E-state index contributed by atoms with van der Waals surface area (Å²) in [5.74, 6) is -0.284. The van der Waals surface area contributed by atoms with Gasteiger partial charge in [-0.15, -0.1) is 0 Å². The predicted molar refractivity (Wildman–Crippen MR) is 125 cm³/mol. The largest absolute Gasteiger partial charge is 0.336 e. The molecule has 2 heterocycles. The van der Waals surface area contributed by atoms with E-state index in [-0.39, 0.29) is 11.7 Å². The Bertz CT molecular complexity index is 1100. The zero-order chi connectivity index (χ0) is 22.8. The summed E-state index contributed by atoms with van der Waals surface area (Å²) in [4.78, 5) is 16.9. The summed E-state index contributed by atoms with van der Waals surface area (Å²) < 4.78 is 15.9. The van der Waals surface area contributed by atoms with Crippen molar-refractivity contribution in [2.24, 2.45) is 0 Å². The number of aryl methyl sites for hydroxylation is 1. The third kappa shape index (κ3) is 4.82.